The number of carbonyl (C=O) groups is 1. The Morgan fingerprint density at radius 1 is 1.00 bits per heavy atom. The van der Waals surface area contributed by atoms with Gasteiger partial charge in [-0.3, -0.25) is 4.79 Å². The quantitative estimate of drug-likeness (QED) is 0.691. The number of hydrogen-bond acceptors (Lipinski definition) is 1. The van der Waals surface area contributed by atoms with E-state index in [-0.39, 0.29) is 5.91 Å². The second-order valence-electron chi connectivity index (χ2n) is 3.87. The number of nitrogens with one attached hydrogen (secondary N) is 1. The second-order valence-corrected chi connectivity index (χ2v) is 3.87. The summed E-state index contributed by atoms with van der Waals surface area (Å²) in [5, 5.41) is 5.35. The molecule has 0 fully saturated rings. The van der Waals surface area contributed by atoms with Crippen LogP contribution in [0, 0.1) is 0 Å². The van der Waals surface area contributed by atoms with Crippen LogP contribution in [0.1, 0.15) is 12.0 Å². The molecule has 3 rings (SSSR count). The van der Waals surface area contributed by atoms with Gasteiger partial charge in [0.25, 0.3) is 0 Å². The van der Waals surface area contributed by atoms with Crippen LogP contribution in [-0.4, -0.2) is 5.91 Å². The average Bonchev–Trinajstić information content (AvgIpc) is 2.41. The number of carbonyl (C=O) groups excluding carboxylic acids is 1. The summed E-state index contributed by atoms with van der Waals surface area (Å²) < 4.78 is 0. The van der Waals surface area contributed by atoms with E-state index in [0.717, 1.165) is 12.1 Å². The number of aryl methyl sites for hydroxylation is 1. The summed E-state index contributed by atoms with van der Waals surface area (Å²) in [7, 11) is 0. The molecule has 1 amide bonds. The van der Waals surface area contributed by atoms with Gasteiger partial charge in [0.05, 0.1) is 0 Å². The maximum absolute atomic E-state index is 11.5. The maximum Gasteiger partial charge on any atom is 0.224 e. The zero-order chi connectivity index (χ0) is 10.3. The molecule has 2 aromatic carbocycles. The van der Waals surface area contributed by atoms with Crippen molar-refractivity contribution in [1.29, 1.82) is 0 Å². The molecule has 0 aromatic heterocycles. The third-order valence-electron chi connectivity index (χ3n) is 2.89. The predicted molar refractivity (Wildman–Crippen MR) is 60.9 cm³/mol. The molecule has 2 nitrogen and oxygen atoms in total. The van der Waals surface area contributed by atoms with Crippen LogP contribution in [0.25, 0.3) is 10.8 Å². The summed E-state index contributed by atoms with van der Waals surface area (Å²) in [6.07, 6.45) is 1.41. The highest BCUT2D eigenvalue weighted by atomic mass is 16.1. The Kier molecular flexibility index (Phi) is 1.75. The molecule has 0 aliphatic carbocycles. The van der Waals surface area contributed by atoms with Crippen molar-refractivity contribution >= 4 is 22.4 Å². The number of benzene rings is 2. The lowest BCUT2D eigenvalue weighted by molar-refractivity contribution is -0.116. The van der Waals surface area contributed by atoms with E-state index in [9.17, 15) is 4.79 Å². The molecule has 1 aliphatic rings. The predicted octanol–water partition coefficient (Wildman–Crippen LogP) is 2.72. The third kappa shape index (κ3) is 1.30. The molecule has 0 bridgehead atoms. The van der Waals surface area contributed by atoms with Crippen LogP contribution in [0.2, 0.25) is 0 Å². The molecule has 2 aromatic rings. The molecule has 0 atom stereocenters. The molecule has 0 saturated carbocycles. The first-order valence-electron chi connectivity index (χ1n) is 5.15. The molecule has 0 saturated heterocycles. The van der Waals surface area contributed by atoms with Crippen LogP contribution in [0.3, 0.4) is 0 Å². The van der Waals surface area contributed by atoms with E-state index in [1.54, 1.807) is 0 Å². The Morgan fingerprint density at radius 3 is 2.67 bits per heavy atom. The second kappa shape index (κ2) is 3.09. The van der Waals surface area contributed by atoms with Crippen molar-refractivity contribution in [1.82, 2.24) is 0 Å². The zero-order valence-corrected chi connectivity index (χ0v) is 8.29. The highest BCUT2D eigenvalue weighted by Crippen LogP contribution is 2.30. The van der Waals surface area contributed by atoms with Crippen LogP contribution in [0.15, 0.2) is 36.4 Å². The molecule has 0 unspecified atom stereocenters. The molecule has 2 heteroatoms. The molecule has 15 heavy (non-hydrogen) atoms. The van der Waals surface area contributed by atoms with Gasteiger partial charge >= 0.3 is 0 Å². The minimum atomic E-state index is 0.110. The lowest BCUT2D eigenvalue weighted by Crippen LogP contribution is -2.09. The molecule has 1 aliphatic heterocycles. The molecule has 74 valence electrons. The fourth-order valence-electron chi connectivity index (χ4n) is 2.19. The fourth-order valence-corrected chi connectivity index (χ4v) is 2.19. The summed E-state index contributed by atoms with van der Waals surface area (Å²) in [6, 6.07) is 12.3. The summed E-state index contributed by atoms with van der Waals surface area (Å²) in [4.78, 5) is 11.5. The number of rotatable bonds is 0. The summed E-state index contributed by atoms with van der Waals surface area (Å²) in [6.45, 7) is 0. The first-order chi connectivity index (χ1) is 7.34. The normalized spacial score (nSPS) is 14.8. The van der Waals surface area contributed by atoms with Crippen molar-refractivity contribution < 1.29 is 4.79 Å². The summed E-state index contributed by atoms with van der Waals surface area (Å²) >= 11 is 0. The molecule has 1 heterocycles. The van der Waals surface area contributed by atoms with Gasteiger partial charge in [0.1, 0.15) is 0 Å². The van der Waals surface area contributed by atoms with Gasteiger partial charge in [-0.2, -0.15) is 0 Å². The Balaban J connectivity index is 2.38. The first kappa shape index (κ1) is 8.48. The molecular formula is C13H11NO. The molecule has 1 N–H and O–H groups in total. The maximum atomic E-state index is 11.5. The van der Waals surface area contributed by atoms with E-state index in [1.807, 2.05) is 12.1 Å². The fraction of sp³-hybridized carbons (Fsp3) is 0.154. The highest BCUT2D eigenvalue weighted by Gasteiger charge is 2.13. The topological polar surface area (TPSA) is 29.1 Å². The molecule has 0 spiro atoms. The van der Waals surface area contributed by atoms with Crippen LogP contribution in [-0.2, 0) is 11.2 Å². The Hall–Kier alpha value is -1.83. The smallest absolute Gasteiger partial charge is 0.224 e. The summed E-state index contributed by atoms with van der Waals surface area (Å²) in [5.41, 5.74) is 2.21. The van der Waals surface area contributed by atoms with Crippen molar-refractivity contribution in [3.8, 4) is 0 Å². The molecule has 0 radical (unpaired) electrons. The van der Waals surface area contributed by atoms with Crippen molar-refractivity contribution in [2.45, 2.75) is 12.8 Å². The molecular weight excluding hydrogens is 186 g/mol. The van der Waals surface area contributed by atoms with Gasteiger partial charge in [-0.15, -0.1) is 0 Å². The van der Waals surface area contributed by atoms with Gasteiger partial charge in [-0.25, -0.2) is 0 Å². The third-order valence-corrected chi connectivity index (χ3v) is 2.89. The average molecular weight is 197 g/mol. The number of amides is 1. The monoisotopic (exact) mass is 197 g/mol. The minimum absolute atomic E-state index is 0.110. The van der Waals surface area contributed by atoms with E-state index in [0.29, 0.717) is 6.42 Å². The SMILES string of the molecule is O=C1CCc2cccc3cccc(c23)N1. The highest BCUT2D eigenvalue weighted by molar-refractivity contribution is 6.05. The van der Waals surface area contributed by atoms with Gasteiger partial charge in [0, 0.05) is 17.5 Å². The van der Waals surface area contributed by atoms with Gasteiger partial charge in [-0.05, 0) is 23.4 Å². The van der Waals surface area contributed by atoms with Gasteiger partial charge in [-0.1, -0.05) is 30.3 Å². The summed E-state index contributed by atoms with van der Waals surface area (Å²) in [5.74, 6) is 0.110. The van der Waals surface area contributed by atoms with Gasteiger partial charge in [0.15, 0.2) is 0 Å². The Bertz CT molecular complexity index is 540. The zero-order valence-electron chi connectivity index (χ0n) is 8.29. The van der Waals surface area contributed by atoms with Crippen LogP contribution < -0.4 is 5.32 Å². The van der Waals surface area contributed by atoms with Gasteiger partial charge in [0.2, 0.25) is 5.91 Å². The lowest BCUT2D eigenvalue weighted by Gasteiger charge is -2.06. The van der Waals surface area contributed by atoms with Crippen LogP contribution >= 0.6 is 0 Å². The van der Waals surface area contributed by atoms with E-state index in [4.69, 9.17) is 0 Å². The minimum Gasteiger partial charge on any atom is -0.325 e. The van der Waals surface area contributed by atoms with E-state index < -0.39 is 0 Å². The number of hydrogen-bond donors (Lipinski definition) is 1. The lowest BCUT2D eigenvalue weighted by atomic mass is 10.0. The standard InChI is InChI=1S/C13H11NO/c15-12-8-7-10-4-1-3-9-5-2-6-11(14-12)13(9)10/h1-6H,7-8H2,(H,14,15). The van der Waals surface area contributed by atoms with Crippen LogP contribution in [0.5, 0.6) is 0 Å². The van der Waals surface area contributed by atoms with Crippen LogP contribution in [0.4, 0.5) is 5.69 Å². The van der Waals surface area contributed by atoms with Crippen molar-refractivity contribution in [2.75, 3.05) is 5.32 Å². The Morgan fingerprint density at radius 2 is 1.80 bits per heavy atom. The van der Waals surface area contributed by atoms with Crippen molar-refractivity contribution in [3.05, 3.63) is 42.0 Å². The van der Waals surface area contributed by atoms with E-state index >= 15 is 0 Å². The van der Waals surface area contributed by atoms with E-state index in [1.165, 1.54) is 16.3 Å². The first-order valence-corrected chi connectivity index (χ1v) is 5.15. The van der Waals surface area contributed by atoms with Crippen molar-refractivity contribution in [2.24, 2.45) is 0 Å². The largest absolute Gasteiger partial charge is 0.325 e. The van der Waals surface area contributed by atoms with Crippen molar-refractivity contribution in [3.63, 3.8) is 0 Å². The number of anilines is 1. The Labute approximate surface area is 87.9 Å². The van der Waals surface area contributed by atoms with E-state index in [2.05, 4.69) is 29.6 Å². The van der Waals surface area contributed by atoms with Gasteiger partial charge < -0.3 is 5.32 Å².